The molecule has 2 atom stereocenters. The van der Waals surface area contributed by atoms with Crippen molar-refractivity contribution < 1.29 is 24.2 Å². The van der Waals surface area contributed by atoms with Crippen molar-refractivity contribution in [3.8, 4) is 11.5 Å². The van der Waals surface area contributed by atoms with Crippen LogP contribution in [0.2, 0.25) is 0 Å². The van der Waals surface area contributed by atoms with Crippen LogP contribution in [0.4, 0.5) is 0 Å². The van der Waals surface area contributed by atoms with Crippen LogP contribution >= 0.6 is 0 Å². The summed E-state index contributed by atoms with van der Waals surface area (Å²) >= 11 is 0. The highest BCUT2D eigenvalue weighted by atomic mass is 16.5. The molecule has 1 N–H and O–H groups in total. The highest BCUT2D eigenvalue weighted by Crippen LogP contribution is 2.30. The normalized spacial score (nSPS) is 21.5. The zero-order valence-corrected chi connectivity index (χ0v) is 12.3. The van der Waals surface area contributed by atoms with E-state index < -0.39 is 17.8 Å². The van der Waals surface area contributed by atoms with Crippen molar-refractivity contribution in [1.29, 1.82) is 0 Å². The molecule has 2 rings (SSSR count). The standard InChI is InChI=1S/C15H19NO5/c1-9-12(15(18)19)8-16(14(9)17)7-10-4-5-11(20-2)6-13(10)21-3/h4-6,9,12H,7-8H2,1-3H3,(H,18,19)/t9-,12-/m0/s1. The van der Waals surface area contributed by atoms with Crippen molar-refractivity contribution in [2.75, 3.05) is 20.8 Å². The summed E-state index contributed by atoms with van der Waals surface area (Å²) in [5.74, 6) is -0.928. The Morgan fingerprint density at radius 3 is 2.62 bits per heavy atom. The maximum Gasteiger partial charge on any atom is 0.309 e. The Kier molecular flexibility index (Phi) is 4.35. The van der Waals surface area contributed by atoms with Gasteiger partial charge in [0.15, 0.2) is 0 Å². The number of aliphatic carboxylic acids is 1. The van der Waals surface area contributed by atoms with Crippen LogP contribution in [-0.4, -0.2) is 42.6 Å². The van der Waals surface area contributed by atoms with Crippen molar-refractivity contribution >= 4 is 11.9 Å². The minimum Gasteiger partial charge on any atom is -0.497 e. The Hall–Kier alpha value is -2.24. The molecule has 0 bridgehead atoms. The van der Waals surface area contributed by atoms with Gasteiger partial charge >= 0.3 is 5.97 Å². The number of methoxy groups -OCH3 is 2. The number of amides is 1. The molecule has 0 aromatic heterocycles. The Balaban J connectivity index is 2.19. The van der Waals surface area contributed by atoms with E-state index >= 15 is 0 Å². The molecule has 6 heteroatoms. The summed E-state index contributed by atoms with van der Waals surface area (Å²) in [4.78, 5) is 24.8. The van der Waals surface area contributed by atoms with Gasteiger partial charge in [0.05, 0.1) is 26.1 Å². The molecule has 21 heavy (non-hydrogen) atoms. The molecule has 1 aliphatic rings. The summed E-state index contributed by atoms with van der Waals surface area (Å²) < 4.78 is 10.4. The Labute approximate surface area is 123 Å². The lowest BCUT2D eigenvalue weighted by Gasteiger charge is -2.18. The molecule has 1 fully saturated rings. The minimum atomic E-state index is -0.931. The minimum absolute atomic E-state index is 0.139. The Morgan fingerprint density at radius 2 is 2.10 bits per heavy atom. The third kappa shape index (κ3) is 2.94. The molecular weight excluding hydrogens is 274 g/mol. The van der Waals surface area contributed by atoms with Crippen LogP contribution in [0.25, 0.3) is 0 Å². The smallest absolute Gasteiger partial charge is 0.309 e. The second kappa shape index (κ2) is 6.03. The second-order valence-electron chi connectivity index (χ2n) is 5.13. The lowest BCUT2D eigenvalue weighted by molar-refractivity contribution is -0.143. The maximum atomic E-state index is 12.1. The number of nitrogens with zero attached hydrogens (tertiary/aromatic N) is 1. The van der Waals surface area contributed by atoms with Crippen LogP contribution in [0, 0.1) is 11.8 Å². The molecule has 1 saturated heterocycles. The zero-order chi connectivity index (χ0) is 15.6. The van der Waals surface area contributed by atoms with E-state index in [0.29, 0.717) is 18.0 Å². The van der Waals surface area contributed by atoms with Crippen LogP contribution in [-0.2, 0) is 16.1 Å². The van der Waals surface area contributed by atoms with E-state index in [2.05, 4.69) is 0 Å². The summed E-state index contributed by atoms with van der Waals surface area (Å²) in [5, 5.41) is 9.13. The molecule has 0 radical (unpaired) electrons. The monoisotopic (exact) mass is 293 g/mol. The summed E-state index contributed by atoms with van der Waals surface area (Å²) in [6, 6.07) is 5.36. The van der Waals surface area contributed by atoms with Crippen molar-refractivity contribution in [3.63, 3.8) is 0 Å². The lowest BCUT2D eigenvalue weighted by Crippen LogP contribution is -2.26. The van der Waals surface area contributed by atoms with Gasteiger partial charge in [-0.05, 0) is 12.1 Å². The average Bonchev–Trinajstić information content (AvgIpc) is 2.76. The van der Waals surface area contributed by atoms with Crippen molar-refractivity contribution in [2.24, 2.45) is 11.8 Å². The van der Waals surface area contributed by atoms with Gasteiger partial charge in [0.25, 0.3) is 0 Å². The van der Waals surface area contributed by atoms with E-state index in [1.807, 2.05) is 6.07 Å². The molecular formula is C15H19NO5. The first-order valence-corrected chi connectivity index (χ1v) is 6.70. The van der Waals surface area contributed by atoms with E-state index in [1.165, 1.54) is 0 Å². The van der Waals surface area contributed by atoms with Crippen molar-refractivity contribution in [2.45, 2.75) is 13.5 Å². The molecule has 1 aromatic rings. The molecule has 0 spiro atoms. The topological polar surface area (TPSA) is 76.1 Å². The number of carboxylic acid groups (broad SMARTS) is 1. The number of likely N-dealkylation sites (tertiary alicyclic amines) is 1. The molecule has 114 valence electrons. The number of rotatable bonds is 5. The molecule has 1 aliphatic heterocycles. The van der Waals surface area contributed by atoms with E-state index in [4.69, 9.17) is 14.6 Å². The molecule has 1 aromatic carbocycles. The van der Waals surface area contributed by atoms with Crippen LogP contribution in [0.1, 0.15) is 12.5 Å². The first kappa shape index (κ1) is 15.2. The summed E-state index contributed by atoms with van der Waals surface area (Å²) in [5.41, 5.74) is 0.824. The van der Waals surface area contributed by atoms with Gasteiger partial charge in [0.2, 0.25) is 5.91 Å². The lowest BCUT2D eigenvalue weighted by atomic mass is 9.98. The van der Waals surface area contributed by atoms with Gasteiger partial charge in [0, 0.05) is 24.7 Å². The molecule has 0 unspecified atom stereocenters. The highest BCUT2D eigenvalue weighted by molar-refractivity contribution is 5.88. The second-order valence-corrected chi connectivity index (χ2v) is 5.13. The molecule has 0 saturated carbocycles. The quantitative estimate of drug-likeness (QED) is 0.887. The van der Waals surface area contributed by atoms with Gasteiger partial charge in [-0.25, -0.2) is 0 Å². The van der Waals surface area contributed by atoms with E-state index in [-0.39, 0.29) is 12.5 Å². The van der Waals surface area contributed by atoms with Crippen molar-refractivity contribution in [1.82, 2.24) is 4.90 Å². The molecule has 0 aliphatic carbocycles. The van der Waals surface area contributed by atoms with Gasteiger partial charge in [-0.15, -0.1) is 0 Å². The van der Waals surface area contributed by atoms with Crippen LogP contribution in [0.5, 0.6) is 11.5 Å². The predicted octanol–water partition coefficient (Wildman–Crippen LogP) is 1.38. The number of carboxylic acids is 1. The van der Waals surface area contributed by atoms with Gasteiger partial charge in [-0.1, -0.05) is 6.92 Å². The van der Waals surface area contributed by atoms with Crippen LogP contribution in [0.15, 0.2) is 18.2 Å². The van der Waals surface area contributed by atoms with Gasteiger partial charge in [-0.2, -0.15) is 0 Å². The van der Waals surface area contributed by atoms with E-state index in [0.717, 1.165) is 5.56 Å². The van der Waals surface area contributed by atoms with E-state index in [1.54, 1.807) is 38.2 Å². The third-order valence-electron chi connectivity index (χ3n) is 3.89. The van der Waals surface area contributed by atoms with Crippen LogP contribution < -0.4 is 9.47 Å². The van der Waals surface area contributed by atoms with Crippen molar-refractivity contribution in [3.05, 3.63) is 23.8 Å². The van der Waals surface area contributed by atoms with Gasteiger partial charge < -0.3 is 19.5 Å². The van der Waals surface area contributed by atoms with E-state index in [9.17, 15) is 9.59 Å². The first-order chi connectivity index (χ1) is 9.97. The highest BCUT2D eigenvalue weighted by Gasteiger charge is 2.41. The fraction of sp³-hybridized carbons (Fsp3) is 0.467. The fourth-order valence-corrected chi connectivity index (χ4v) is 2.57. The average molecular weight is 293 g/mol. The number of carbonyl (C=O) groups excluding carboxylic acids is 1. The molecule has 6 nitrogen and oxygen atoms in total. The number of benzene rings is 1. The summed E-state index contributed by atoms with van der Waals surface area (Å²) in [6.45, 7) is 2.22. The first-order valence-electron chi connectivity index (χ1n) is 6.70. The number of ether oxygens (including phenoxy) is 2. The Morgan fingerprint density at radius 1 is 1.38 bits per heavy atom. The molecule has 1 heterocycles. The SMILES string of the molecule is COc1ccc(CN2C[C@H](C(=O)O)[C@H](C)C2=O)c(OC)c1. The summed E-state index contributed by atoms with van der Waals surface area (Å²) in [6.07, 6.45) is 0. The predicted molar refractivity (Wildman–Crippen MR) is 75.3 cm³/mol. The Bertz CT molecular complexity index is 557. The number of hydrogen-bond donors (Lipinski definition) is 1. The maximum absolute atomic E-state index is 12.1. The van der Waals surface area contributed by atoms with Gasteiger partial charge in [-0.3, -0.25) is 9.59 Å². The summed E-state index contributed by atoms with van der Waals surface area (Å²) in [7, 11) is 3.12. The number of carbonyl (C=O) groups is 2. The third-order valence-corrected chi connectivity index (χ3v) is 3.89. The molecule has 1 amide bonds. The fourth-order valence-electron chi connectivity index (χ4n) is 2.57. The number of hydrogen-bond acceptors (Lipinski definition) is 4. The zero-order valence-electron chi connectivity index (χ0n) is 12.3. The van der Waals surface area contributed by atoms with Gasteiger partial charge in [0.1, 0.15) is 11.5 Å². The van der Waals surface area contributed by atoms with Crippen LogP contribution in [0.3, 0.4) is 0 Å². The largest absolute Gasteiger partial charge is 0.497 e.